The van der Waals surface area contributed by atoms with Crippen molar-refractivity contribution in [2.75, 3.05) is 6.61 Å². The standard InChI is InChI=1S/C9H13NO3/c1-6-9(13)8(2-3-11)7(5-12)4-10-6/h4,11-13H,2-3,5H2,1H3. The van der Waals surface area contributed by atoms with Gasteiger partial charge in [0, 0.05) is 23.9 Å². The van der Waals surface area contributed by atoms with Crippen LogP contribution in [0.25, 0.3) is 0 Å². The minimum atomic E-state index is -0.170. The summed E-state index contributed by atoms with van der Waals surface area (Å²) >= 11 is 0. The highest BCUT2D eigenvalue weighted by atomic mass is 16.3. The Morgan fingerprint density at radius 3 is 2.62 bits per heavy atom. The first-order valence-electron chi connectivity index (χ1n) is 4.08. The lowest BCUT2D eigenvalue weighted by molar-refractivity contribution is 0.273. The molecule has 1 heterocycles. The molecule has 0 bridgehead atoms. The Balaban J connectivity index is 3.15. The van der Waals surface area contributed by atoms with Crippen molar-refractivity contribution >= 4 is 0 Å². The number of rotatable bonds is 3. The number of aryl methyl sites for hydroxylation is 1. The molecule has 0 unspecified atom stereocenters. The predicted octanol–water partition coefficient (Wildman–Crippen LogP) is 0.123. The smallest absolute Gasteiger partial charge is 0.140 e. The highest BCUT2D eigenvalue weighted by Crippen LogP contribution is 2.23. The van der Waals surface area contributed by atoms with Crippen LogP contribution in [-0.2, 0) is 13.0 Å². The Morgan fingerprint density at radius 2 is 2.08 bits per heavy atom. The fraction of sp³-hybridized carbons (Fsp3) is 0.444. The molecule has 0 fully saturated rings. The van der Waals surface area contributed by atoms with E-state index in [0.29, 0.717) is 23.2 Å². The summed E-state index contributed by atoms with van der Waals surface area (Å²) in [6.45, 7) is 1.46. The molecule has 0 radical (unpaired) electrons. The maximum absolute atomic E-state index is 9.56. The van der Waals surface area contributed by atoms with E-state index in [1.807, 2.05) is 0 Å². The van der Waals surface area contributed by atoms with E-state index in [1.165, 1.54) is 6.20 Å². The number of hydrogen-bond acceptors (Lipinski definition) is 4. The van der Waals surface area contributed by atoms with Crippen molar-refractivity contribution in [3.8, 4) is 5.75 Å². The quantitative estimate of drug-likeness (QED) is 0.622. The third-order valence-electron chi connectivity index (χ3n) is 1.96. The second-order valence-corrected chi connectivity index (χ2v) is 2.83. The molecule has 0 aliphatic rings. The molecule has 3 N–H and O–H groups in total. The molecule has 4 heteroatoms. The van der Waals surface area contributed by atoms with Gasteiger partial charge < -0.3 is 15.3 Å². The average molecular weight is 183 g/mol. The lowest BCUT2D eigenvalue weighted by atomic mass is 10.1. The third kappa shape index (κ3) is 1.96. The van der Waals surface area contributed by atoms with Crippen molar-refractivity contribution < 1.29 is 15.3 Å². The first-order chi connectivity index (χ1) is 6.20. The van der Waals surface area contributed by atoms with Crippen LogP contribution in [0.4, 0.5) is 0 Å². The second kappa shape index (κ2) is 4.20. The molecular formula is C9H13NO3. The number of nitrogens with zero attached hydrogens (tertiary/aromatic N) is 1. The number of aromatic nitrogens is 1. The zero-order valence-corrected chi connectivity index (χ0v) is 7.49. The van der Waals surface area contributed by atoms with Gasteiger partial charge >= 0.3 is 0 Å². The minimum absolute atomic E-state index is 0.0516. The molecule has 0 saturated carbocycles. The maximum Gasteiger partial charge on any atom is 0.140 e. The van der Waals surface area contributed by atoms with Crippen LogP contribution < -0.4 is 0 Å². The first-order valence-corrected chi connectivity index (χ1v) is 4.08. The van der Waals surface area contributed by atoms with Crippen LogP contribution in [0.5, 0.6) is 5.75 Å². The topological polar surface area (TPSA) is 73.6 Å². The highest BCUT2D eigenvalue weighted by molar-refractivity contribution is 5.40. The average Bonchev–Trinajstić information content (AvgIpc) is 2.14. The molecule has 0 aromatic carbocycles. The van der Waals surface area contributed by atoms with Gasteiger partial charge in [0.2, 0.25) is 0 Å². The molecule has 1 aromatic heterocycles. The SMILES string of the molecule is Cc1ncc(CO)c(CCO)c1O. The van der Waals surface area contributed by atoms with Crippen LogP contribution in [0.2, 0.25) is 0 Å². The summed E-state index contributed by atoms with van der Waals surface area (Å²) in [5, 5.41) is 27.2. The fourth-order valence-electron chi connectivity index (χ4n) is 1.21. The number of aromatic hydroxyl groups is 1. The van der Waals surface area contributed by atoms with Gasteiger partial charge in [0.1, 0.15) is 5.75 Å². The molecule has 0 aliphatic carbocycles. The second-order valence-electron chi connectivity index (χ2n) is 2.83. The van der Waals surface area contributed by atoms with Crippen LogP contribution in [0.3, 0.4) is 0 Å². The minimum Gasteiger partial charge on any atom is -0.506 e. The summed E-state index contributed by atoms with van der Waals surface area (Å²) < 4.78 is 0. The zero-order chi connectivity index (χ0) is 9.84. The van der Waals surface area contributed by atoms with Crippen molar-refractivity contribution in [3.05, 3.63) is 23.0 Å². The molecule has 0 spiro atoms. The number of aliphatic hydroxyl groups excluding tert-OH is 2. The van der Waals surface area contributed by atoms with E-state index >= 15 is 0 Å². The number of aliphatic hydroxyl groups is 2. The van der Waals surface area contributed by atoms with Gasteiger partial charge in [-0.2, -0.15) is 0 Å². The number of pyridine rings is 1. The van der Waals surface area contributed by atoms with Crippen molar-refractivity contribution in [3.63, 3.8) is 0 Å². The summed E-state index contributed by atoms with van der Waals surface area (Å²) in [6.07, 6.45) is 1.85. The summed E-state index contributed by atoms with van der Waals surface area (Å²) in [5.74, 6) is 0.0700. The molecule has 4 nitrogen and oxygen atoms in total. The van der Waals surface area contributed by atoms with E-state index in [4.69, 9.17) is 10.2 Å². The predicted molar refractivity (Wildman–Crippen MR) is 47.4 cm³/mol. The van der Waals surface area contributed by atoms with Crippen molar-refractivity contribution in [1.82, 2.24) is 4.98 Å². The largest absolute Gasteiger partial charge is 0.506 e. The Bertz CT molecular complexity index is 299. The van der Waals surface area contributed by atoms with Crippen LogP contribution in [0.15, 0.2) is 6.20 Å². The van der Waals surface area contributed by atoms with E-state index in [0.717, 1.165) is 0 Å². The van der Waals surface area contributed by atoms with Crippen LogP contribution in [0.1, 0.15) is 16.8 Å². The van der Waals surface area contributed by atoms with E-state index < -0.39 is 0 Å². The maximum atomic E-state index is 9.56. The van der Waals surface area contributed by atoms with Crippen molar-refractivity contribution in [2.45, 2.75) is 20.0 Å². The summed E-state index contributed by atoms with van der Waals surface area (Å²) in [4.78, 5) is 3.90. The normalized spacial score (nSPS) is 10.4. The van der Waals surface area contributed by atoms with Crippen LogP contribution in [0, 0.1) is 6.92 Å². The van der Waals surface area contributed by atoms with Gasteiger partial charge in [-0.15, -0.1) is 0 Å². The molecule has 0 amide bonds. The van der Waals surface area contributed by atoms with Gasteiger partial charge in [0.15, 0.2) is 0 Å². The molecule has 1 rings (SSSR count). The van der Waals surface area contributed by atoms with Gasteiger partial charge in [-0.3, -0.25) is 4.98 Å². The number of hydrogen-bond donors (Lipinski definition) is 3. The lowest BCUT2D eigenvalue weighted by Crippen LogP contribution is -2.01. The van der Waals surface area contributed by atoms with Gasteiger partial charge in [0.05, 0.1) is 12.3 Å². The van der Waals surface area contributed by atoms with Crippen LogP contribution >= 0.6 is 0 Å². The molecule has 0 aliphatic heterocycles. The van der Waals surface area contributed by atoms with Gasteiger partial charge in [-0.05, 0) is 13.3 Å². The van der Waals surface area contributed by atoms with Crippen molar-refractivity contribution in [2.24, 2.45) is 0 Å². The fourth-order valence-corrected chi connectivity index (χ4v) is 1.21. The van der Waals surface area contributed by atoms with E-state index in [2.05, 4.69) is 4.98 Å². The van der Waals surface area contributed by atoms with Crippen LogP contribution in [-0.4, -0.2) is 26.9 Å². The summed E-state index contributed by atoms with van der Waals surface area (Å²) in [7, 11) is 0. The molecule has 0 saturated heterocycles. The molecule has 1 aromatic rings. The lowest BCUT2D eigenvalue weighted by Gasteiger charge is -2.09. The molecule has 72 valence electrons. The monoisotopic (exact) mass is 183 g/mol. The van der Waals surface area contributed by atoms with E-state index in [-0.39, 0.29) is 19.0 Å². The van der Waals surface area contributed by atoms with Gasteiger partial charge in [-0.25, -0.2) is 0 Å². The Hall–Kier alpha value is -1.13. The molecule has 13 heavy (non-hydrogen) atoms. The molecular weight excluding hydrogens is 170 g/mol. The zero-order valence-electron chi connectivity index (χ0n) is 7.49. The van der Waals surface area contributed by atoms with E-state index in [1.54, 1.807) is 6.92 Å². The summed E-state index contributed by atoms with van der Waals surface area (Å²) in [5.41, 5.74) is 1.66. The Labute approximate surface area is 76.5 Å². The summed E-state index contributed by atoms with van der Waals surface area (Å²) in [6, 6.07) is 0. The Morgan fingerprint density at radius 1 is 1.38 bits per heavy atom. The first kappa shape index (κ1) is 9.95. The Kier molecular flexibility index (Phi) is 3.22. The van der Waals surface area contributed by atoms with E-state index in [9.17, 15) is 5.11 Å². The molecule has 0 atom stereocenters. The van der Waals surface area contributed by atoms with Gasteiger partial charge in [-0.1, -0.05) is 0 Å². The van der Waals surface area contributed by atoms with Gasteiger partial charge in [0.25, 0.3) is 0 Å². The third-order valence-corrected chi connectivity index (χ3v) is 1.96. The van der Waals surface area contributed by atoms with Crippen molar-refractivity contribution in [1.29, 1.82) is 0 Å². The highest BCUT2D eigenvalue weighted by Gasteiger charge is 2.09.